The van der Waals surface area contributed by atoms with Gasteiger partial charge in [-0.15, -0.1) is 0 Å². The van der Waals surface area contributed by atoms with Crippen LogP contribution >= 0.6 is 0 Å². The number of amides is 2. The van der Waals surface area contributed by atoms with Gasteiger partial charge in [0.2, 0.25) is 11.8 Å². The Bertz CT molecular complexity index is 360. The van der Waals surface area contributed by atoms with Crippen LogP contribution in [0.1, 0.15) is 19.3 Å². The third-order valence-electron chi connectivity index (χ3n) is 2.88. The Balaban J connectivity index is 2.53. The van der Waals surface area contributed by atoms with Crippen LogP contribution in [-0.4, -0.2) is 47.7 Å². The maximum atomic E-state index is 12.9. The van der Waals surface area contributed by atoms with E-state index in [0.29, 0.717) is 4.90 Å². The molecule has 1 aliphatic heterocycles. The van der Waals surface area contributed by atoms with Gasteiger partial charge < -0.3 is 16.4 Å². The van der Waals surface area contributed by atoms with E-state index in [2.05, 4.69) is 0 Å². The molecule has 0 aromatic carbocycles. The number of carbonyl (C=O) groups is 2. The van der Waals surface area contributed by atoms with Crippen LogP contribution in [-0.2, 0) is 9.59 Å². The first-order valence-electron chi connectivity index (χ1n) is 5.65. The number of likely N-dealkylation sites (tertiary alicyclic amines) is 1. The summed E-state index contributed by atoms with van der Waals surface area (Å²) in [5, 5.41) is 0. The van der Waals surface area contributed by atoms with Crippen LogP contribution in [0, 0.1) is 0 Å². The molecule has 0 aromatic rings. The molecule has 1 saturated heterocycles. The molecule has 4 N–H and O–H groups in total. The van der Waals surface area contributed by atoms with Crippen molar-refractivity contribution in [2.75, 3.05) is 13.1 Å². The first kappa shape index (κ1) is 15.7. The number of alkyl halides is 4. The second-order valence-corrected chi connectivity index (χ2v) is 4.57. The maximum Gasteiger partial charge on any atom is 0.329 e. The Labute approximate surface area is 106 Å². The molecule has 0 aliphatic carbocycles. The number of primary amides is 1. The molecule has 9 heteroatoms. The maximum absolute atomic E-state index is 12.9. The van der Waals surface area contributed by atoms with Crippen LogP contribution in [0.2, 0.25) is 0 Å². The minimum atomic E-state index is -4.24. The summed E-state index contributed by atoms with van der Waals surface area (Å²) >= 11 is 0. The monoisotopic (exact) mass is 285 g/mol. The number of hydrogen-bond acceptors (Lipinski definition) is 3. The van der Waals surface area contributed by atoms with E-state index in [4.69, 9.17) is 11.5 Å². The van der Waals surface area contributed by atoms with Crippen molar-refractivity contribution in [3.63, 3.8) is 0 Å². The second-order valence-electron chi connectivity index (χ2n) is 4.57. The van der Waals surface area contributed by atoms with Gasteiger partial charge in [0.15, 0.2) is 0 Å². The SMILES string of the molecule is NC(=O)CCC[C@H](N)C(=O)N1CC(F)(F)C(F)(F)C1. The molecule has 0 radical (unpaired) electrons. The zero-order valence-corrected chi connectivity index (χ0v) is 10.0. The number of halogens is 4. The van der Waals surface area contributed by atoms with E-state index in [0.717, 1.165) is 0 Å². The van der Waals surface area contributed by atoms with E-state index in [1.165, 1.54) is 0 Å². The molecule has 1 heterocycles. The molecule has 1 rings (SSSR count). The van der Waals surface area contributed by atoms with Crippen molar-refractivity contribution in [3.8, 4) is 0 Å². The van der Waals surface area contributed by atoms with Crippen LogP contribution in [0.5, 0.6) is 0 Å². The third kappa shape index (κ3) is 3.55. The molecule has 5 nitrogen and oxygen atoms in total. The van der Waals surface area contributed by atoms with Crippen molar-refractivity contribution in [1.29, 1.82) is 0 Å². The minimum Gasteiger partial charge on any atom is -0.370 e. The highest BCUT2D eigenvalue weighted by Gasteiger charge is 2.64. The summed E-state index contributed by atoms with van der Waals surface area (Å²) in [5.41, 5.74) is 10.3. The number of nitrogens with two attached hydrogens (primary N) is 2. The van der Waals surface area contributed by atoms with Gasteiger partial charge in [-0.1, -0.05) is 0 Å². The summed E-state index contributed by atoms with van der Waals surface area (Å²) in [4.78, 5) is 22.4. The molecule has 0 aromatic heterocycles. The zero-order chi connectivity index (χ0) is 14.8. The summed E-state index contributed by atoms with van der Waals surface area (Å²) in [7, 11) is 0. The highest BCUT2D eigenvalue weighted by atomic mass is 19.3. The lowest BCUT2D eigenvalue weighted by Gasteiger charge is -2.19. The van der Waals surface area contributed by atoms with E-state index in [1.54, 1.807) is 0 Å². The van der Waals surface area contributed by atoms with Crippen molar-refractivity contribution in [1.82, 2.24) is 4.90 Å². The molecule has 0 spiro atoms. The first-order valence-corrected chi connectivity index (χ1v) is 5.65. The standard InChI is InChI=1S/C10H15F4N3O2/c11-9(12)4-17(5-10(9,13)14)8(19)6(15)2-1-3-7(16)18/h6H,1-5,15H2,(H2,16,18)/t6-/m0/s1. The van der Waals surface area contributed by atoms with Gasteiger partial charge in [0.1, 0.15) is 0 Å². The van der Waals surface area contributed by atoms with E-state index in [1.807, 2.05) is 0 Å². The Kier molecular flexibility index (Phi) is 4.39. The number of rotatable bonds is 5. The van der Waals surface area contributed by atoms with Gasteiger partial charge in [-0.3, -0.25) is 9.59 Å². The van der Waals surface area contributed by atoms with Gasteiger partial charge >= 0.3 is 11.8 Å². The smallest absolute Gasteiger partial charge is 0.329 e. The lowest BCUT2D eigenvalue weighted by Crippen LogP contribution is -2.43. The fraction of sp³-hybridized carbons (Fsp3) is 0.800. The number of carbonyl (C=O) groups excluding carboxylic acids is 2. The van der Waals surface area contributed by atoms with Gasteiger partial charge in [-0.05, 0) is 12.8 Å². The molecular formula is C10H15F4N3O2. The quantitative estimate of drug-likeness (QED) is 0.701. The molecule has 1 fully saturated rings. The highest BCUT2D eigenvalue weighted by molar-refractivity contribution is 5.82. The van der Waals surface area contributed by atoms with Crippen LogP contribution in [0.4, 0.5) is 17.6 Å². The molecule has 1 atom stereocenters. The van der Waals surface area contributed by atoms with Crippen molar-refractivity contribution >= 4 is 11.8 Å². The van der Waals surface area contributed by atoms with E-state index >= 15 is 0 Å². The van der Waals surface area contributed by atoms with Crippen molar-refractivity contribution < 1.29 is 27.2 Å². The van der Waals surface area contributed by atoms with E-state index < -0.39 is 42.8 Å². The van der Waals surface area contributed by atoms with Crippen molar-refractivity contribution in [2.45, 2.75) is 37.1 Å². The van der Waals surface area contributed by atoms with E-state index in [-0.39, 0.29) is 19.3 Å². The summed E-state index contributed by atoms with van der Waals surface area (Å²) in [6.45, 7) is -2.69. The molecule has 110 valence electrons. The van der Waals surface area contributed by atoms with Crippen LogP contribution in [0.3, 0.4) is 0 Å². The summed E-state index contributed by atoms with van der Waals surface area (Å²) in [5.74, 6) is -10.0. The number of nitrogens with zero attached hydrogens (tertiary/aromatic N) is 1. The van der Waals surface area contributed by atoms with Gasteiger partial charge in [-0.2, -0.15) is 17.6 Å². The fourth-order valence-electron chi connectivity index (χ4n) is 1.78. The molecule has 0 bridgehead atoms. The molecule has 19 heavy (non-hydrogen) atoms. The highest BCUT2D eigenvalue weighted by Crippen LogP contribution is 2.41. The molecular weight excluding hydrogens is 270 g/mol. The second kappa shape index (κ2) is 5.32. The predicted molar refractivity (Wildman–Crippen MR) is 57.5 cm³/mol. The Morgan fingerprint density at radius 1 is 1.16 bits per heavy atom. The van der Waals surface area contributed by atoms with Crippen molar-refractivity contribution in [2.24, 2.45) is 11.5 Å². The summed E-state index contributed by atoms with van der Waals surface area (Å²) in [6, 6.07) is -1.19. The van der Waals surface area contributed by atoms with Gasteiger partial charge in [0, 0.05) is 6.42 Å². The first-order chi connectivity index (χ1) is 8.57. The molecule has 0 saturated carbocycles. The summed E-state index contributed by atoms with van der Waals surface area (Å²) in [6.07, 6.45) is 0.214. The lowest BCUT2D eigenvalue weighted by atomic mass is 10.1. The fourth-order valence-corrected chi connectivity index (χ4v) is 1.78. The van der Waals surface area contributed by atoms with E-state index in [9.17, 15) is 27.2 Å². The molecule has 1 aliphatic rings. The molecule has 2 amide bonds. The lowest BCUT2D eigenvalue weighted by molar-refractivity contribution is -0.172. The van der Waals surface area contributed by atoms with Crippen molar-refractivity contribution in [3.05, 3.63) is 0 Å². The summed E-state index contributed by atoms with van der Waals surface area (Å²) < 4.78 is 51.6. The Hall–Kier alpha value is -1.38. The largest absolute Gasteiger partial charge is 0.370 e. The normalized spacial score (nSPS) is 22.3. The van der Waals surface area contributed by atoms with Gasteiger partial charge in [0.25, 0.3) is 0 Å². The molecule has 0 unspecified atom stereocenters. The average Bonchev–Trinajstić information content (AvgIpc) is 2.46. The zero-order valence-electron chi connectivity index (χ0n) is 10.0. The van der Waals surface area contributed by atoms with Crippen LogP contribution < -0.4 is 11.5 Å². The minimum absolute atomic E-state index is 0.00665. The Morgan fingerprint density at radius 3 is 2.05 bits per heavy atom. The van der Waals surface area contributed by atoms with Crippen LogP contribution in [0.15, 0.2) is 0 Å². The average molecular weight is 285 g/mol. The Morgan fingerprint density at radius 2 is 1.63 bits per heavy atom. The topological polar surface area (TPSA) is 89.4 Å². The van der Waals surface area contributed by atoms with Crippen LogP contribution in [0.25, 0.3) is 0 Å². The third-order valence-corrected chi connectivity index (χ3v) is 2.88. The van der Waals surface area contributed by atoms with Gasteiger partial charge in [0.05, 0.1) is 19.1 Å². The predicted octanol–water partition coefficient (Wildman–Crippen LogP) is 0.0821. The van der Waals surface area contributed by atoms with Gasteiger partial charge in [-0.25, -0.2) is 0 Å². The number of hydrogen-bond donors (Lipinski definition) is 2.